The summed E-state index contributed by atoms with van der Waals surface area (Å²) in [7, 11) is -1.65. The molecule has 1 amide bonds. The maximum Gasteiger partial charge on any atom is 0.277 e. The lowest BCUT2D eigenvalue weighted by Gasteiger charge is -2.27. The molecule has 8 nitrogen and oxygen atoms in total. The average Bonchev–Trinajstić information content (AvgIpc) is 3.16. The van der Waals surface area contributed by atoms with Crippen LogP contribution in [0.2, 0.25) is 0 Å². The Morgan fingerprint density at radius 1 is 1.19 bits per heavy atom. The van der Waals surface area contributed by atoms with E-state index in [2.05, 4.69) is 17.4 Å². The Labute approximate surface area is 193 Å². The fourth-order valence-electron chi connectivity index (χ4n) is 3.47. The number of carbonyl (C=O) groups is 1. The third-order valence-electron chi connectivity index (χ3n) is 5.10. The number of aromatic nitrogens is 1. The molecule has 0 aliphatic carbocycles. The summed E-state index contributed by atoms with van der Waals surface area (Å²) in [5.41, 5.74) is 0.649. The first-order chi connectivity index (χ1) is 15.3. The van der Waals surface area contributed by atoms with Crippen LogP contribution in [0.15, 0.2) is 45.4 Å². The van der Waals surface area contributed by atoms with Crippen molar-refractivity contribution in [3.8, 4) is 0 Å². The van der Waals surface area contributed by atoms with Crippen LogP contribution in [0.1, 0.15) is 56.8 Å². The highest BCUT2D eigenvalue weighted by Crippen LogP contribution is 2.38. The first-order valence-corrected chi connectivity index (χ1v) is 13.3. The monoisotopic (exact) mass is 479 g/mol. The van der Waals surface area contributed by atoms with Crippen molar-refractivity contribution in [1.29, 1.82) is 0 Å². The summed E-state index contributed by atoms with van der Waals surface area (Å²) in [5.74, 6) is -0.601. The van der Waals surface area contributed by atoms with Crippen molar-refractivity contribution < 1.29 is 22.8 Å². The van der Waals surface area contributed by atoms with Gasteiger partial charge in [0.2, 0.25) is 0 Å². The molecule has 32 heavy (non-hydrogen) atoms. The molecule has 3 rings (SSSR count). The molecule has 174 valence electrons. The summed E-state index contributed by atoms with van der Waals surface area (Å²) < 4.78 is 31.4. The van der Waals surface area contributed by atoms with Crippen LogP contribution in [0.4, 0.5) is 5.82 Å². The first-order valence-electron chi connectivity index (χ1n) is 10.7. The van der Waals surface area contributed by atoms with E-state index in [1.165, 1.54) is 24.4 Å². The van der Waals surface area contributed by atoms with Gasteiger partial charge in [-0.05, 0) is 30.5 Å². The number of likely N-dealkylation sites (N-methyl/N-ethyl adjacent to an activating group) is 1. The lowest BCUT2D eigenvalue weighted by molar-refractivity contribution is -0.113. The standard InChI is InChI=1S/C22H29N3O5S2/c1-3-4-5-6-7-10-13-32(28,29)15-16-14-19(24-30-16)23-22(27)20-21(26)17-11-8-9-12-18(17)31-25(20)2/h8-9,11-12,14,26H,3-7,10,13,15H2,1-2H3,(H,23,24,27). The molecule has 2 aromatic rings. The van der Waals surface area contributed by atoms with Gasteiger partial charge in [0.15, 0.2) is 32.9 Å². The van der Waals surface area contributed by atoms with E-state index in [4.69, 9.17) is 4.52 Å². The number of hydrogen-bond acceptors (Lipinski definition) is 8. The molecule has 0 fully saturated rings. The summed E-state index contributed by atoms with van der Waals surface area (Å²) in [6.45, 7) is 2.14. The molecule has 0 unspecified atom stereocenters. The van der Waals surface area contributed by atoms with E-state index in [-0.39, 0.29) is 34.5 Å². The molecule has 0 atom stereocenters. The average molecular weight is 480 g/mol. The highest BCUT2D eigenvalue weighted by Gasteiger charge is 2.29. The van der Waals surface area contributed by atoms with Gasteiger partial charge in [0.05, 0.1) is 5.75 Å². The van der Waals surface area contributed by atoms with Gasteiger partial charge >= 0.3 is 0 Å². The Kier molecular flexibility index (Phi) is 8.25. The lowest BCUT2D eigenvalue weighted by Crippen LogP contribution is -2.27. The number of nitrogens with one attached hydrogen (secondary N) is 1. The fraction of sp³-hybridized carbons (Fsp3) is 0.455. The normalized spacial score (nSPS) is 13.9. The van der Waals surface area contributed by atoms with E-state index in [0.717, 1.165) is 30.6 Å². The number of carbonyl (C=O) groups excluding carboxylic acids is 1. The topological polar surface area (TPSA) is 113 Å². The van der Waals surface area contributed by atoms with Gasteiger partial charge < -0.3 is 19.3 Å². The zero-order valence-corrected chi connectivity index (χ0v) is 20.0. The minimum absolute atomic E-state index is 0.0777. The van der Waals surface area contributed by atoms with Gasteiger partial charge in [-0.2, -0.15) is 0 Å². The van der Waals surface area contributed by atoms with Gasteiger partial charge in [-0.3, -0.25) is 4.79 Å². The number of amides is 1. The van der Waals surface area contributed by atoms with Crippen molar-refractivity contribution in [2.75, 3.05) is 18.1 Å². The SMILES string of the molecule is CCCCCCCCS(=O)(=O)Cc1cc(NC(=O)C2=C(O)c3ccccc3SN2C)no1. The quantitative estimate of drug-likeness (QED) is 0.350. The van der Waals surface area contributed by atoms with E-state index < -0.39 is 15.7 Å². The van der Waals surface area contributed by atoms with Crippen LogP contribution < -0.4 is 5.32 Å². The predicted octanol–water partition coefficient (Wildman–Crippen LogP) is 4.77. The van der Waals surface area contributed by atoms with Crippen LogP contribution in [0.3, 0.4) is 0 Å². The second-order valence-corrected chi connectivity index (χ2v) is 11.1. The number of anilines is 1. The fourth-order valence-corrected chi connectivity index (χ4v) is 5.78. The number of hydrogen-bond donors (Lipinski definition) is 2. The van der Waals surface area contributed by atoms with E-state index in [0.29, 0.717) is 12.0 Å². The number of benzene rings is 1. The zero-order valence-electron chi connectivity index (χ0n) is 18.3. The second kappa shape index (κ2) is 10.9. The largest absolute Gasteiger partial charge is 0.505 e. The molecule has 1 aromatic carbocycles. The molecule has 2 heterocycles. The van der Waals surface area contributed by atoms with Gasteiger partial charge in [0, 0.05) is 23.6 Å². The minimum atomic E-state index is -3.32. The highest BCUT2D eigenvalue weighted by atomic mass is 32.2. The molecular formula is C22H29N3O5S2. The molecular weight excluding hydrogens is 450 g/mol. The van der Waals surface area contributed by atoms with Crippen LogP contribution in [0, 0.1) is 0 Å². The van der Waals surface area contributed by atoms with Crippen molar-refractivity contribution in [2.45, 2.75) is 56.1 Å². The van der Waals surface area contributed by atoms with E-state index in [1.54, 1.807) is 23.5 Å². The maximum absolute atomic E-state index is 12.8. The molecule has 0 spiro atoms. The van der Waals surface area contributed by atoms with Crippen molar-refractivity contribution in [3.05, 3.63) is 47.4 Å². The number of aliphatic hydroxyl groups excluding tert-OH is 1. The number of nitrogens with zero attached hydrogens (tertiary/aromatic N) is 2. The van der Waals surface area contributed by atoms with Crippen LogP contribution in [-0.2, 0) is 20.4 Å². The smallest absolute Gasteiger partial charge is 0.277 e. The number of aliphatic hydroxyl groups is 1. The van der Waals surface area contributed by atoms with Gasteiger partial charge in [0.1, 0.15) is 5.75 Å². The highest BCUT2D eigenvalue weighted by molar-refractivity contribution is 7.97. The van der Waals surface area contributed by atoms with E-state index in [9.17, 15) is 18.3 Å². The third kappa shape index (κ3) is 6.29. The predicted molar refractivity (Wildman–Crippen MR) is 126 cm³/mol. The van der Waals surface area contributed by atoms with Gasteiger partial charge in [-0.25, -0.2) is 8.42 Å². The molecule has 0 saturated heterocycles. The Morgan fingerprint density at radius 2 is 1.91 bits per heavy atom. The van der Waals surface area contributed by atoms with E-state index >= 15 is 0 Å². The molecule has 10 heteroatoms. The molecule has 1 aliphatic rings. The Bertz CT molecular complexity index is 1080. The van der Waals surface area contributed by atoms with Crippen LogP contribution in [-0.4, -0.2) is 41.7 Å². The molecule has 1 aliphatic heterocycles. The molecule has 0 radical (unpaired) electrons. The van der Waals surface area contributed by atoms with E-state index in [1.807, 2.05) is 12.1 Å². The van der Waals surface area contributed by atoms with Crippen molar-refractivity contribution >= 4 is 39.3 Å². The number of fused-ring (bicyclic) bond motifs is 1. The van der Waals surface area contributed by atoms with Crippen molar-refractivity contribution in [2.24, 2.45) is 0 Å². The van der Waals surface area contributed by atoms with Gasteiger partial charge in [0.25, 0.3) is 5.91 Å². The molecule has 1 aromatic heterocycles. The molecule has 0 saturated carbocycles. The number of rotatable bonds is 11. The van der Waals surface area contributed by atoms with Crippen LogP contribution in [0.25, 0.3) is 5.76 Å². The van der Waals surface area contributed by atoms with Crippen molar-refractivity contribution in [1.82, 2.24) is 9.46 Å². The molecule has 2 N–H and O–H groups in total. The van der Waals surface area contributed by atoms with Crippen molar-refractivity contribution in [3.63, 3.8) is 0 Å². The summed E-state index contributed by atoms with van der Waals surface area (Å²) in [6, 6.07) is 8.64. The van der Waals surface area contributed by atoms with Crippen LogP contribution >= 0.6 is 11.9 Å². The Hall–Kier alpha value is -2.46. The molecule has 0 bridgehead atoms. The lowest BCUT2D eigenvalue weighted by atomic mass is 10.1. The second-order valence-electron chi connectivity index (χ2n) is 7.77. The first kappa shape index (κ1) is 24.2. The van der Waals surface area contributed by atoms with Crippen LogP contribution in [0.5, 0.6) is 0 Å². The van der Waals surface area contributed by atoms with Gasteiger partial charge in [-0.1, -0.05) is 56.3 Å². The Morgan fingerprint density at radius 3 is 2.69 bits per heavy atom. The maximum atomic E-state index is 12.8. The summed E-state index contributed by atoms with van der Waals surface area (Å²) in [6.07, 6.45) is 6.03. The summed E-state index contributed by atoms with van der Waals surface area (Å²) >= 11 is 1.32. The van der Waals surface area contributed by atoms with Gasteiger partial charge in [-0.15, -0.1) is 0 Å². The number of unbranched alkanes of at least 4 members (excludes halogenated alkanes) is 5. The summed E-state index contributed by atoms with van der Waals surface area (Å²) in [5, 5.41) is 16.9. The zero-order chi connectivity index (χ0) is 23.1. The number of sulfone groups is 1. The third-order valence-corrected chi connectivity index (χ3v) is 7.75. The summed E-state index contributed by atoms with van der Waals surface area (Å²) in [4.78, 5) is 13.6. The Balaban J connectivity index is 1.58. The minimum Gasteiger partial charge on any atom is -0.505 e.